The number of aliphatic imine (C=N–C) groups is 1. The van der Waals surface area contributed by atoms with Crippen LogP contribution in [0, 0.1) is 10.1 Å². The van der Waals surface area contributed by atoms with Crippen molar-refractivity contribution in [1.82, 2.24) is 4.90 Å². The van der Waals surface area contributed by atoms with Crippen LogP contribution in [0.3, 0.4) is 0 Å². The first-order chi connectivity index (χ1) is 18.8. The van der Waals surface area contributed by atoms with E-state index in [0.717, 1.165) is 17.3 Å². The van der Waals surface area contributed by atoms with Crippen LogP contribution in [0.1, 0.15) is 28.4 Å². The Morgan fingerprint density at radius 1 is 1.10 bits per heavy atom. The van der Waals surface area contributed by atoms with Gasteiger partial charge in [0.1, 0.15) is 6.61 Å². The number of carbonyl (C=O) groups is 2. The molecule has 0 radical (unpaired) electrons. The predicted octanol–water partition coefficient (Wildman–Crippen LogP) is 5.59. The predicted molar refractivity (Wildman–Crippen MR) is 148 cm³/mol. The standard InChI is InChI=1S/C28H25N3O7S/c1-4-37-27(33)19-11-8-12-21(13-19)29-28-30(2)26(32)25(39-28)15-20-14-23(36-3)24(16-22(20)31(34)35)38-17-18-9-6-5-7-10-18/h5-16H,4,17H2,1-3H3. The molecule has 11 heteroatoms. The third kappa shape index (κ3) is 6.44. The second kappa shape index (κ2) is 12.3. The Hall–Kier alpha value is -4.64. The molecule has 39 heavy (non-hydrogen) atoms. The van der Waals surface area contributed by atoms with Gasteiger partial charge in [-0.25, -0.2) is 9.79 Å². The van der Waals surface area contributed by atoms with Gasteiger partial charge in [-0.2, -0.15) is 0 Å². The maximum Gasteiger partial charge on any atom is 0.338 e. The number of methoxy groups -OCH3 is 1. The summed E-state index contributed by atoms with van der Waals surface area (Å²) >= 11 is 1.06. The topological polar surface area (TPSA) is 121 Å². The monoisotopic (exact) mass is 547 g/mol. The summed E-state index contributed by atoms with van der Waals surface area (Å²) in [5, 5.41) is 12.3. The van der Waals surface area contributed by atoms with Gasteiger partial charge >= 0.3 is 5.97 Å². The van der Waals surface area contributed by atoms with Crippen molar-refractivity contribution in [2.24, 2.45) is 4.99 Å². The zero-order valence-corrected chi connectivity index (χ0v) is 22.3. The SMILES string of the molecule is CCOC(=O)c1cccc(N=C2SC(=Cc3cc(OC)c(OCc4ccccc4)cc3[N+](=O)[O-])C(=O)N2C)c1. The summed E-state index contributed by atoms with van der Waals surface area (Å²) in [6.07, 6.45) is 1.43. The molecule has 3 aromatic rings. The fraction of sp³-hybridized carbons (Fsp3) is 0.179. The quantitative estimate of drug-likeness (QED) is 0.147. The highest BCUT2D eigenvalue weighted by molar-refractivity contribution is 8.18. The van der Waals surface area contributed by atoms with E-state index in [1.54, 1.807) is 38.2 Å². The number of esters is 1. The van der Waals surface area contributed by atoms with Crippen LogP contribution in [-0.4, -0.2) is 47.6 Å². The molecule has 0 aliphatic carbocycles. The van der Waals surface area contributed by atoms with Crippen LogP contribution in [0.2, 0.25) is 0 Å². The Balaban J connectivity index is 1.63. The van der Waals surface area contributed by atoms with Crippen LogP contribution in [-0.2, 0) is 16.1 Å². The van der Waals surface area contributed by atoms with Gasteiger partial charge in [-0.15, -0.1) is 0 Å². The van der Waals surface area contributed by atoms with E-state index in [2.05, 4.69) is 4.99 Å². The molecule has 0 saturated carbocycles. The molecule has 0 unspecified atom stereocenters. The molecule has 1 amide bonds. The van der Waals surface area contributed by atoms with E-state index >= 15 is 0 Å². The average Bonchev–Trinajstić information content (AvgIpc) is 3.20. The van der Waals surface area contributed by atoms with Gasteiger partial charge in [0.25, 0.3) is 11.6 Å². The minimum atomic E-state index is -0.537. The van der Waals surface area contributed by atoms with Gasteiger partial charge < -0.3 is 14.2 Å². The van der Waals surface area contributed by atoms with Crippen molar-refractivity contribution in [3.63, 3.8) is 0 Å². The van der Waals surface area contributed by atoms with Gasteiger partial charge in [-0.1, -0.05) is 36.4 Å². The van der Waals surface area contributed by atoms with Gasteiger partial charge in [0.2, 0.25) is 0 Å². The van der Waals surface area contributed by atoms with Crippen molar-refractivity contribution in [2.75, 3.05) is 20.8 Å². The lowest BCUT2D eigenvalue weighted by molar-refractivity contribution is -0.385. The molecule has 0 bridgehead atoms. The van der Waals surface area contributed by atoms with E-state index in [9.17, 15) is 19.7 Å². The van der Waals surface area contributed by atoms with E-state index in [-0.39, 0.29) is 46.8 Å². The summed E-state index contributed by atoms with van der Waals surface area (Å²) < 4.78 is 16.3. The molecule has 1 aliphatic rings. The zero-order chi connectivity index (χ0) is 27.9. The Morgan fingerprint density at radius 3 is 2.56 bits per heavy atom. The van der Waals surface area contributed by atoms with Crippen LogP contribution in [0.5, 0.6) is 11.5 Å². The van der Waals surface area contributed by atoms with Gasteiger partial charge in [0, 0.05) is 7.05 Å². The van der Waals surface area contributed by atoms with Crippen LogP contribution >= 0.6 is 11.8 Å². The number of nitrogens with zero attached hydrogens (tertiary/aromatic N) is 3. The molecule has 0 aromatic heterocycles. The average molecular weight is 548 g/mol. The van der Waals surface area contributed by atoms with Gasteiger partial charge in [0.05, 0.1) is 46.4 Å². The van der Waals surface area contributed by atoms with Crippen LogP contribution < -0.4 is 9.47 Å². The first kappa shape index (κ1) is 27.4. The molecule has 200 valence electrons. The van der Waals surface area contributed by atoms with Crippen molar-refractivity contribution in [2.45, 2.75) is 13.5 Å². The van der Waals surface area contributed by atoms with Crippen LogP contribution in [0.4, 0.5) is 11.4 Å². The van der Waals surface area contributed by atoms with E-state index in [4.69, 9.17) is 14.2 Å². The third-order valence-electron chi connectivity index (χ3n) is 5.62. The van der Waals surface area contributed by atoms with Gasteiger partial charge in [0.15, 0.2) is 16.7 Å². The number of thioether (sulfide) groups is 1. The first-order valence-corrected chi connectivity index (χ1v) is 12.7. The Labute approximate surface area is 229 Å². The Bertz CT molecular complexity index is 1470. The largest absolute Gasteiger partial charge is 0.493 e. The number of rotatable bonds is 9. The lowest BCUT2D eigenvalue weighted by Gasteiger charge is -2.12. The number of amides is 1. The van der Waals surface area contributed by atoms with E-state index < -0.39 is 10.9 Å². The highest BCUT2D eigenvalue weighted by Gasteiger charge is 2.31. The molecule has 0 atom stereocenters. The summed E-state index contributed by atoms with van der Waals surface area (Å²) in [5.74, 6) is -0.350. The number of ether oxygens (including phenoxy) is 3. The minimum Gasteiger partial charge on any atom is -0.493 e. The number of carbonyl (C=O) groups excluding carboxylic acids is 2. The number of nitro benzene ring substituents is 1. The smallest absolute Gasteiger partial charge is 0.338 e. The first-order valence-electron chi connectivity index (χ1n) is 11.9. The number of amidine groups is 1. The van der Waals surface area contributed by atoms with Crippen molar-refractivity contribution in [3.8, 4) is 11.5 Å². The fourth-order valence-electron chi connectivity index (χ4n) is 3.67. The number of nitro groups is 1. The van der Waals surface area contributed by atoms with Crippen molar-refractivity contribution in [1.29, 1.82) is 0 Å². The zero-order valence-electron chi connectivity index (χ0n) is 21.5. The van der Waals surface area contributed by atoms with Crippen LogP contribution in [0.15, 0.2) is 76.6 Å². The van der Waals surface area contributed by atoms with Crippen molar-refractivity contribution < 1.29 is 28.7 Å². The summed E-state index contributed by atoms with van der Waals surface area (Å²) in [7, 11) is 2.99. The molecular formula is C28H25N3O7S. The van der Waals surface area contributed by atoms with Gasteiger partial charge in [-0.05, 0) is 54.6 Å². The van der Waals surface area contributed by atoms with Crippen molar-refractivity contribution >= 4 is 46.3 Å². The summed E-state index contributed by atoms with van der Waals surface area (Å²) in [6, 6.07) is 18.7. The lowest BCUT2D eigenvalue weighted by Crippen LogP contribution is -2.23. The second-order valence-electron chi connectivity index (χ2n) is 8.23. The van der Waals surface area contributed by atoms with Gasteiger partial charge in [-0.3, -0.25) is 19.8 Å². The molecule has 4 rings (SSSR count). The lowest BCUT2D eigenvalue weighted by atomic mass is 10.1. The molecule has 1 aliphatic heterocycles. The number of hydrogen-bond donors (Lipinski definition) is 0. The Morgan fingerprint density at radius 2 is 1.87 bits per heavy atom. The third-order valence-corrected chi connectivity index (χ3v) is 6.68. The Kier molecular flexibility index (Phi) is 8.62. The molecule has 1 heterocycles. The summed E-state index contributed by atoms with van der Waals surface area (Å²) in [4.78, 5) is 42.5. The highest BCUT2D eigenvalue weighted by atomic mass is 32.2. The van der Waals surface area contributed by atoms with Crippen molar-refractivity contribution in [3.05, 3.63) is 98.4 Å². The normalized spacial score (nSPS) is 15.1. The van der Waals surface area contributed by atoms with Crippen LogP contribution in [0.25, 0.3) is 6.08 Å². The number of benzene rings is 3. The summed E-state index contributed by atoms with van der Waals surface area (Å²) in [6.45, 7) is 2.16. The second-order valence-corrected chi connectivity index (χ2v) is 9.24. The maximum atomic E-state index is 13.0. The number of hydrogen-bond acceptors (Lipinski definition) is 9. The molecule has 1 fully saturated rings. The van der Waals surface area contributed by atoms with E-state index in [1.165, 1.54) is 30.2 Å². The number of likely N-dealkylation sites (N-methyl/N-ethyl adjacent to an activating group) is 1. The molecule has 1 saturated heterocycles. The fourth-order valence-corrected chi connectivity index (χ4v) is 4.64. The molecule has 10 nitrogen and oxygen atoms in total. The molecule has 0 spiro atoms. The summed E-state index contributed by atoms with van der Waals surface area (Å²) in [5.41, 5.74) is 1.62. The highest BCUT2D eigenvalue weighted by Crippen LogP contribution is 2.39. The molecule has 0 N–H and O–H groups in total. The molecule has 3 aromatic carbocycles. The molecular weight excluding hydrogens is 522 g/mol. The van der Waals surface area contributed by atoms with E-state index in [0.29, 0.717) is 16.4 Å². The van der Waals surface area contributed by atoms with E-state index in [1.807, 2.05) is 30.3 Å². The maximum absolute atomic E-state index is 13.0. The minimum absolute atomic E-state index is 0.179.